The molecule has 2 aromatic rings. The van der Waals surface area contributed by atoms with Crippen LogP contribution in [0.4, 0.5) is 5.69 Å². The average Bonchev–Trinajstić information content (AvgIpc) is 2.57. The molecule has 0 aromatic heterocycles. The molecule has 0 bridgehead atoms. The molecule has 0 saturated carbocycles. The Kier molecular flexibility index (Phi) is 6.01. The number of anilines is 1. The quantitative estimate of drug-likeness (QED) is 0.847. The van der Waals surface area contributed by atoms with Crippen molar-refractivity contribution in [1.29, 1.82) is 0 Å². The third-order valence-electron chi connectivity index (χ3n) is 3.77. The molecule has 22 heavy (non-hydrogen) atoms. The molecule has 0 heterocycles. The maximum absolute atomic E-state index is 12.8. The molecule has 0 aliphatic carbocycles. The first-order chi connectivity index (χ1) is 10.7. The first kappa shape index (κ1) is 16.1. The number of carbonyl (C=O) groups excluding carboxylic acids is 1. The monoisotopic (exact) mass is 296 g/mol. The number of hydrogen-bond donors (Lipinski definition) is 1. The number of benzene rings is 2. The van der Waals surface area contributed by atoms with Crippen LogP contribution < -0.4 is 5.32 Å². The van der Waals surface area contributed by atoms with Crippen LogP contribution in [0.2, 0.25) is 0 Å². The van der Waals surface area contributed by atoms with E-state index in [0.717, 1.165) is 24.3 Å². The molecule has 2 aromatic carbocycles. The van der Waals surface area contributed by atoms with Gasteiger partial charge in [-0.05, 0) is 31.5 Å². The van der Waals surface area contributed by atoms with E-state index in [1.54, 1.807) is 0 Å². The van der Waals surface area contributed by atoms with Gasteiger partial charge in [0.05, 0.1) is 0 Å². The molecular weight excluding hydrogens is 272 g/mol. The van der Waals surface area contributed by atoms with Crippen LogP contribution >= 0.6 is 0 Å². The SMILES string of the molecule is CCN(CC)C(=O)C(Cc1ccccc1)Nc1ccccc1. The minimum absolute atomic E-state index is 0.151. The van der Waals surface area contributed by atoms with E-state index in [1.807, 2.05) is 67.3 Å². The lowest BCUT2D eigenvalue weighted by molar-refractivity contribution is -0.131. The number of amides is 1. The van der Waals surface area contributed by atoms with Gasteiger partial charge in [-0.1, -0.05) is 48.5 Å². The fourth-order valence-electron chi connectivity index (χ4n) is 2.54. The molecule has 116 valence electrons. The van der Waals surface area contributed by atoms with Crippen LogP contribution in [-0.2, 0) is 11.2 Å². The average molecular weight is 296 g/mol. The van der Waals surface area contributed by atoms with Gasteiger partial charge in [0.1, 0.15) is 6.04 Å². The molecule has 0 fully saturated rings. The van der Waals surface area contributed by atoms with Crippen molar-refractivity contribution in [3.05, 3.63) is 66.2 Å². The maximum Gasteiger partial charge on any atom is 0.245 e. The number of carbonyl (C=O) groups is 1. The second-order valence-corrected chi connectivity index (χ2v) is 5.26. The Balaban J connectivity index is 2.18. The summed E-state index contributed by atoms with van der Waals surface area (Å²) in [6, 6.07) is 19.8. The highest BCUT2D eigenvalue weighted by Gasteiger charge is 2.22. The number of likely N-dealkylation sites (N-methyl/N-ethyl adjacent to an activating group) is 1. The number of para-hydroxylation sites is 1. The van der Waals surface area contributed by atoms with Gasteiger partial charge in [0.2, 0.25) is 5.91 Å². The summed E-state index contributed by atoms with van der Waals surface area (Å²) in [5.41, 5.74) is 2.14. The minimum atomic E-state index is -0.246. The van der Waals surface area contributed by atoms with E-state index in [-0.39, 0.29) is 11.9 Å². The third-order valence-corrected chi connectivity index (χ3v) is 3.77. The summed E-state index contributed by atoms with van der Waals surface area (Å²) in [5.74, 6) is 0.151. The molecule has 2 rings (SSSR count). The third kappa shape index (κ3) is 4.35. The molecule has 0 saturated heterocycles. The summed E-state index contributed by atoms with van der Waals surface area (Å²) in [4.78, 5) is 14.7. The summed E-state index contributed by atoms with van der Waals surface area (Å²) >= 11 is 0. The van der Waals surface area contributed by atoms with Crippen LogP contribution in [0.1, 0.15) is 19.4 Å². The summed E-state index contributed by atoms with van der Waals surface area (Å²) in [7, 11) is 0. The molecule has 1 N–H and O–H groups in total. The highest BCUT2D eigenvalue weighted by Crippen LogP contribution is 2.13. The number of nitrogens with zero attached hydrogens (tertiary/aromatic N) is 1. The summed E-state index contributed by atoms with van der Waals surface area (Å²) in [5, 5.41) is 3.39. The van der Waals surface area contributed by atoms with Crippen LogP contribution in [0, 0.1) is 0 Å². The Labute approximate surface area is 133 Å². The highest BCUT2D eigenvalue weighted by atomic mass is 16.2. The smallest absolute Gasteiger partial charge is 0.245 e. The summed E-state index contributed by atoms with van der Waals surface area (Å²) in [6.45, 7) is 5.50. The van der Waals surface area contributed by atoms with Gasteiger partial charge < -0.3 is 10.2 Å². The number of hydrogen-bond acceptors (Lipinski definition) is 2. The van der Waals surface area contributed by atoms with Gasteiger partial charge in [-0.2, -0.15) is 0 Å². The second kappa shape index (κ2) is 8.23. The molecule has 0 aliphatic heterocycles. The van der Waals surface area contributed by atoms with Crippen molar-refractivity contribution in [2.45, 2.75) is 26.3 Å². The van der Waals surface area contributed by atoms with Gasteiger partial charge >= 0.3 is 0 Å². The second-order valence-electron chi connectivity index (χ2n) is 5.26. The first-order valence-corrected chi connectivity index (χ1v) is 7.88. The lowest BCUT2D eigenvalue weighted by Gasteiger charge is -2.26. The molecule has 0 radical (unpaired) electrons. The van der Waals surface area contributed by atoms with Crippen LogP contribution in [0.15, 0.2) is 60.7 Å². The predicted molar refractivity (Wildman–Crippen MR) is 91.9 cm³/mol. The molecular formula is C19H24N2O. The van der Waals surface area contributed by atoms with E-state index in [2.05, 4.69) is 17.4 Å². The van der Waals surface area contributed by atoms with Crippen LogP contribution in [0.25, 0.3) is 0 Å². The fourth-order valence-corrected chi connectivity index (χ4v) is 2.54. The topological polar surface area (TPSA) is 32.3 Å². The van der Waals surface area contributed by atoms with E-state index in [9.17, 15) is 4.79 Å². The predicted octanol–water partition coefficient (Wildman–Crippen LogP) is 3.58. The zero-order valence-corrected chi connectivity index (χ0v) is 13.3. The lowest BCUT2D eigenvalue weighted by Crippen LogP contribution is -2.44. The standard InChI is InChI=1S/C19H24N2O/c1-3-21(4-2)19(22)18(15-16-11-7-5-8-12-16)20-17-13-9-6-10-14-17/h5-14,18,20H,3-4,15H2,1-2H3. The Morgan fingerprint density at radius 2 is 1.50 bits per heavy atom. The van der Waals surface area contributed by atoms with E-state index >= 15 is 0 Å². The van der Waals surface area contributed by atoms with E-state index in [1.165, 1.54) is 0 Å². The van der Waals surface area contributed by atoms with E-state index in [4.69, 9.17) is 0 Å². The normalized spacial score (nSPS) is 11.7. The Morgan fingerprint density at radius 1 is 0.955 bits per heavy atom. The van der Waals surface area contributed by atoms with Crippen LogP contribution in [0.5, 0.6) is 0 Å². The van der Waals surface area contributed by atoms with Gasteiger partial charge in [-0.15, -0.1) is 0 Å². The van der Waals surface area contributed by atoms with E-state index < -0.39 is 0 Å². The lowest BCUT2D eigenvalue weighted by atomic mass is 10.0. The van der Waals surface area contributed by atoms with Crippen LogP contribution in [0.3, 0.4) is 0 Å². The van der Waals surface area contributed by atoms with Crippen molar-refractivity contribution in [2.24, 2.45) is 0 Å². The highest BCUT2D eigenvalue weighted by molar-refractivity contribution is 5.85. The van der Waals surface area contributed by atoms with Gasteiger partial charge in [-0.25, -0.2) is 0 Å². The van der Waals surface area contributed by atoms with Crippen LogP contribution in [-0.4, -0.2) is 29.9 Å². The van der Waals surface area contributed by atoms with Gasteiger partial charge in [-0.3, -0.25) is 4.79 Å². The van der Waals surface area contributed by atoms with Gasteiger partial charge in [0.25, 0.3) is 0 Å². The Bertz CT molecular complexity index is 523. The molecule has 1 unspecified atom stereocenters. The molecule has 1 amide bonds. The fraction of sp³-hybridized carbons (Fsp3) is 0.316. The zero-order valence-electron chi connectivity index (χ0n) is 13.3. The van der Waals surface area contributed by atoms with Crippen molar-refractivity contribution >= 4 is 11.6 Å². The Morgan fingerprint density at radius 3 is 2.05 bits per heavy atom. The molecule has 1 atom stereocenters. The van der Waals surface area contributed by atoms with Crippen molar-refractivity contribution in [3.8, 4) is 0 Å². The molecule has 3 heteroatoms. The first-order valence-electron chi connectivity index (χ1n) is 7.88. The number of nitrogens with one attached hydrogen (secondary N) is 1. The Hall–Kier alpha value is -2.29. The molecule has 0 aliphatic rings. The molecule has 3 nitrogen and oxygen atoms in total. The van der Waals surface area contributed by atoms with Gasteiger partial charge in [0.15, 0.2) is 0 Å². The van der Waals surface area contributed by atoms with Gasteiger partial charge in [0, 0.05) is 25.2 Å². The van der Waals surface area contributed by atoms with Crippen molar-refractivity contribution in [2.75, 3.05) is 18.4 Å². The van der Waals surface area contributed by atoms with E-state index in [0.29, 0.717) is 6.42 Å². The zero-order chi connectivity index (χ0) is 15.8. The number of rotatable bonds is 7. The van der Waals surface area contributed by atoms with Crippen molar-refractivity contribution in [3.63, 3.8) is 0 Å². The maximum atomic E-state index is 12.8. The largest absolute Gasteiger partial charge is 0.373 e. The van der Waals surface area contributed by atoms with Crippen molar-refractivity contribution < 1.29 is 4.79 Å². The minimum Gasteiger partial charge on any atom is -0.373 e. The van der Waals surface area contributed by atoms with Crippen molar-refractivity contribution in [1.82, 2.24) is 4.90 Å². The molecule has 0 spiro atoms. The summed E-state index contributed by atoms with van der Waals surface area (Å²) < 4.78 is 0. The summed E-state index contributed by atoms with van der Waals surface area (Å²) in [6.07, 6.45) is 0.686.